The van der Waals surface area contributed by atoms with E-state index in [1.807, 2.05) is 13.8 Å². The maximum atomic E-state index is 2.49. The van der Waals surface area contributed by atoms with Gasteiger partial charge >= 0.3 is 0 Å². The Morgan fingerprint density at radius 3 is 2.59 bits per heavy atom. The highest BCUT2D eigenvalue weighted by Gasteiger charge is 2.20. The summed E-state index contributed by atoms with van der Waals surface area (Å²) in [5.74, 6) is 0. The number of benzene rings is 1. The van der Waals surface area contributed by atoms with Crippen molar-refractivity contribution in [1.29, 1.82) is 0 Å². The SMILES string of the molecule is CC.Cc1ccc2c3c1CCCC=C3CCC2. The number of hydrogen-bond acceptors (Lipinski definition) is 0. The number of hydrogen-bond donors (Lipinski definition) is 0. The minimum Gasteiger partial charge on any atom is -0.0807 e. The highest BCUT2D eigenvalue weighted by molar-refractivity contribution is 5.74. The molecule has 2 aliphatic carbocycles. The smallest absolute Gasteiger partial charge is 0.0161 e. The third kappa shape index (κ3) is 2.31. The Balaban J connectivity index is 0.000000514. The molecule has 0 radical (unpaired) electrons. The van der Waals surface area contributed by atoms with Gasteiger partial charge in [-0.1, -0.05) is 32.1 Å². The van der Waals surface area contributed by atoms with Gasteiger partial charge in [0.25, 0.3) is 0 Å². The Bertz CT molecular complexity index is 424. The van der Waals surface area contributed by atoms with Gasteiger partial charge in [0.15, 0.2) is 0 Å². The minimum atomic E-state index is 1.28. The molecule has 1 aromatic rings. The highest BCUT2D eigenvalue weighted by atomic mass is 14.2. The largest absolute Gasteiger partial charge is 0.0807 e. The van der Waals surface area contributed by atoms with Crippen LogP contribution in [-0.4, -0.2) is 0 Å². The van der Waals surface area contributed by atoms with E-state index in [1.165, 1.54) is 44.1 Å². The van der Waals surface area contributed by atoms with E-state index in [1.54, 1.807) is 22.3 Å². The van der Waals surface area contributed by atoms with Gasteiger partial charge in [-0.15, -0.1) is 0 Å². The zero-order chi connectivity index (χ0) is 12.3. The van der Waals surface area contributed by atoms with Gasteiger partial charge < -0.3 is 0 Å². The summed E-state index contributed by atoms with van der Waals surface area (Å²) in [5, 5.41) is 0. The van der Waals surface area contributed by atoms with Crippen LogP contribution >= 0.6 is 0 Å². The Morgan fingerprint density at radius 1 is 0.941 bits per heavy atom. The van der Waals surface area contributed by atoms with Crippen molar-refractivity contribution in [3.8, 4) is 0 Å². The Labute approximate surface area is 106 Å². The third-order valence-electron chi connectivity index (χ3n) is 3.87. The van der Waals surface area contributed by atoms with Crippen LogP contribution in [0.2, 0.25) is 0 Å². The van der Waals surface area contributed by atoms with E-state index in [-0.39, 0.29) is 0 Å². The molecule has 1 aromatic carbocycles. The number of rotatable bonds is 0. The van der Waals surface area contributed by atoms with Crippen molar-refractivity contribution >= 4 is 5.57 Å². The zero-order valence-corrected chi connectivity index (χ0v) is 11.5. The summed E-state index contributed by atoms with van der Waals surface area (Å²) < 4.78 is 0. The fourth-order valence-electron chi connectivity index (χ4n) is 3.08. The van der Waals surface area contributed by atoms with Gasteiger partial charge in [0.05, 0.1) is 0 Å². The maximum absolute atomic E-state index is 2.49. The van der Waals surface area contributed by atoms with Crippen LogP contribution in [0.5, 0.6) is 0 Å². The lowest BCUT2D eigenvalue weighted by Gasteiger charge is -2.22. The molecule has 0 saturated heterocycles. The van der Waals surface area contributed by atoms with E-state index in [0.717, 1.165) is 0 Å². The summed E-state index contributed by atoms with van der Waals surface area (Å²) >= 11 is 0. The molecule has 0 heteroatoms. The van der Waals surface area contributed by atoms with Gasteiger partial charge in [-0.25, -0.2) is 0 Å². The first kappa shape index (κ1) is 12.4. The monoisotopic (exact) mass is 228 g/mol. The lowest BCUT2D eigenvalue weighted by atomic mass is 9.82. The van der Waals surface area contributed by atoms with E-state index in [0.29, 0.717) is 0 Å². The molecule has 0 aliphatic heterocycles. The van der Waals surface area contributed by atoms with Crippen LogP contribution in [0.15, 0.2) is 18.2 Å². The Kier molecular flexibility index (Phi) is 4.04. The predicted molar refractivity (Wildman–Crippen MR) is 76.4 cm³/mol. The second kappa shape index (κ2) is 5.53. The lowest BCUT2D eigenvalue weighted by molar-refractivity contribution is 0.814. The van der Waals surface area contributed by atoms with Crippen molar-refractivity contribution in [3.63, 3.8) is 0 Å². The van der Waals surface area contributed by atoms with Gasteiger partial charge in [-0.3, -0.25) is 0 Å². The van der Waals surface area contributed by atoms with E-state index >= 15 is 0 Å². The van der Waals surface area contributed by atoms with Gasteiger partial charge in [0.2, 0.25) is 0 Å². The number of allylic oxidation sites excluding steroid dienone is 2. The first-order valence-electron chi connectivity index (χ1n) is 7.17. The minimum absolute atomic E-state index is 1.28. The van der Waals surface area contributed by atoms with Crippen LogP contribution in [0.25, 0.3) is 5.57 Å². The van der Waals surface area contributed by atoms with E-state index in [9.17, 15) is 0 Å². The van der Waals surface area contributed by atoms with E-state index < -0.39 is 0 Å². The molecule has 0 unspecified atom stereocenters. The van der Waals surface area contributed by atoms with Crippen LogP contribution in [0.1, 0.15) is 61.8 Å². The molecule has 0 fully saturated rings. The van der Waals surface area contributed by atoms with Crippen molar-refractivity contribution in [1.82, 2.24) is 0 Å². The van der Waals surface area contributed by atoms with Crippen molar-refractivity contribution in [2.45, 2.75) is 59.3 Å². The first-order chi connectivity index (χ1) is 8.36. The summed E-state index contributed by atoms with van der Waals surface area (Å²) in [4.78, 5) is 0. The van der Waals surface area contributed by atoms with Crippen LogP contribution in [0.4, 0.5) is 0 Å². The third-order valence-corrected chi connectivity index (χ3v) is 3.87. The topological polar surface area (TPSA) is 0 Å². The summed E-state index contributed by atoms with van der Waals surface area (Å²) in [6, 6.07) is 4.68. The molecular weight excluding hydrogens is 204 g/mol. The molecule has 17 heavy (non-hydrogen) atoms. The molecule has 2 aliphatic rings. The van der Waals surface area contributed by atoms with Crippen LogP contribution in [0.3, 0.4) is 0 Å². The maximum Gasteiger partial charge on any atom is -0.0161 e. The summed E-state index contributed by atoms with van der Waals surface area (Å²) in [5.41, 5.74) is 8.04. The molecule has 0 N–H and O–H groups in total. The van der Waals surface area contributed by atoms with Crippen molar-refractivity contribution in [3.05, 3.63) is 40.5 Å². The second-order valence-electron chi connectivity index (χ2n) is 4.87. The van der Waals surface area contributed by atoms with Crippen LogP contribution in [0, 0.1) is 6.92 Å². The molecule has 0 amide bonds. The molecule has 0 heterocycles. The molecule has 0 aromatic heterocycles. The van der Waals surface area contributed by atoms with Crippen molar-refractivity contribution in [2.24, 2.45) is 0 Å². The van der Waals surface area contributed by atoms with Gasteiger partial charge in [-0.2, -0.15) is 0 Å². The molecule has 0 bridgehead atoms. The average molecular weight is 228 g/mol. The normalized spacial score (nSPS) is 17.2. The Morgan fingerprint density at radius 2 is 1.76 bits per heavy atom. The quantitative estimate of drug-likeness (QED) is 0.581. The van der Waals surface area contributed by atoms with Crippen molar-refractivity contribution < 1.29 is 0 Å². The van der Waals surface area contributed by atoms with Crippen LogP contribution < -0.4 is 0 Å². The Hall–Kier alpha value is -1.04. The van der Waals surface area contributed by atoms with Crippen LogP contribution in [-0.2, 0) is 12.8 Å². The standard InChI is InChI=1S/C15H18.C2H6/c1-11-9-10-13-7-4-6-12-5-2-3-8-14(11)15(12)13;1-2/h5,9-10H,2-4,6-8H2,1H3;1-2H3. The molecule has 0 saturated carbocycles. The van der Waals surface area contributed by atoms with E-state index in [4.69, 9.17) is 0 Å². The average Bonchev–Trinajstić information content (AvgIpc) is 2.60. The highest BCUT2D eigenvalue weighted by Crippen LogP contribution is 2.37. The summed E-state index contributed by atoms with van der Waals surface area (Å²) in [7, 11) is 0. The molecule has 0 nitrogen and oxygen atoms in total. The fourth-order valence-corrected chi connectivity index (χ4v) is 3.08. The number of aryl methyl sites for hydroxylation is 2. The molecule has 92 valence electrons. The zero-order valence-electron chi connectivity index (χ0n) is 11.5. The molecule has 0 spiro atoms. The second-order valence-corrected chi connectivity index (χ2v) is 4.87. The molecule has 3 rings (SSSR count). The van der Waals surface area contributed by atoms with Gasteiger partial charge in [0.1, 0.15) is 0 Å². The fraction of sp³-hybridized carbons (Fsp3) is 0.529. The van der Waals surface area contributed by atoms with Gasteiger partial charge in [0, 0.05) is 0 Å². The first-order valence-corrected chi connectivity index (χ1v) is 7.17. The summed E-state index contributed by atoms with van der Waals surface area (Å²) in [6.07, 6.45) is 10.3. The van der Waals surface area contributed by atoms with E-state index in [2.05, 4.69) is 25.1 Å². The lowest BCUT2D eigenvalue weighted by Crippen LogP contribution is -2.06. The van der Waals surface area contributed by atoms with Gasteiger partial charge in [-0.05, 0) is 73.3 Å². The molecule has 0 atom stereocenters. The van der Waals surface area contributed by atoms with Crippen molar-refractivity contribution in [2.75, 3.05) is 0 Å². The summed E-state index contributed by atoms with van der Waals surface area (Å²) in [6.45, 7) is 6.27. The molecular formula is C17H24. The predicted octanol–water partition coefficient (Wildman–Crippen LogP) is 5.08.